The van der Waals surface area contributed by atoms with Crippen LogP contribution in [0.5, 0.6) is 0 Å². The van der Waals surface area contributed by atoms with Crippen LogP contribution in [0.25, 0.3) is 10.1 Å². The molecule has 1 atom stereocenters. The fourth-order valence-electron chi connectivity index (χ4n) is 2.74. The van der Waals surface area contributed by atoms with Crippen LogP contribution in [-0.2, 0) is 11.2 Å². The lowest BCUT2D eigenvalue weighted by atomic mass is 9.92. The average Bonchev–Trinajstić information content (AvgIpc) is 2.88. The first-order chi connectivity index (χ1) is 12.1. The van der Waals surface area contributed by atoms with Crippen LogP contribution in [0.4, 0.5) is 13.2 Å². The summed E-state index contributed by atoms with van der Waals surface area (Å²) in [6.45, 7) is 0. The Hall–Kier alpha value is -1.27. The zero-order valence-electron chi connectivity index (χ0n) is 12.9. The van der Waals surface area contributed by atoms with Gasteiger partial charge >= 0.3 is 6.18 Å². The first-order valence-corrected chi connectivity index (χ1v) is 9.32. The molecule has 0 saturated carbocycles. The molecule has 0 bridgehead atoms. The van der Waals surface area contributed by atoms with Gasteiger partial charge in [0.2, 0.25) is 0 Å². The molecule has 1 nitrogen and oxygen atoms in total. The van der Waals surface area contributed by atoms with Crippen LogP contribution in [0, 0.1) is 0 Å². The van der Waals surface area contributed by atoms with E-state index in [1.807, 2.05) is 0 Å². The number of thiophene rings is 1. The molecular weight excluding hydrogens is 428 g/mol. The average molecular weight is 438 g/mol. The smallest absolute Gasteiger partial charge is 0.298 e. The van der Waals surface area contributed by atoms with Gasteiger partial charge in [-0.3, -0.25) is 4.79 Å². The number of benzene rings is 2. The molecule has 2 aromatic carbocycles. The van der Waals surface area contributed by atoms with Crippen LogP contribution in [0.3, 0.4) is 0 Å². The maximum absolute atomic E-state index is 13.6. The maximum atomic E-state index is 13.6. The number of hydrogen-bond donors (Lipinski definition) is 0. The number of halogens is 6. The number of hydrogen-bond acceptors (Lipinski definition) is 2. The zero-order valence-corrected chi connectivity index (χ0v) is 16.0. The van der Waals surface area contributed by atoms with Crippen molar-refractivity contribution in [2.45, 2.75) is 18.5 Å². The summed E-state index contributed by atoms with van der Waals surface area (Å²) in [5.74, 6) is -3.27. The molecule has 1 heterocycles. The summed E-state index contributed by atoms with van der Waals surface area (Å²) in [5, 5.41) is 1.30. The van der Waals surface area contributed by atoms with Crippen LogP contribution in [0.1, 0.15) is 16.4 Å². The molecule has 0 fully saturated rings. The fraction of sp³-hybridized carbons (Fsp3) is 0.167. The van der Waals surface area contributed by atoms with E-state index in [0.717, 1.165) is 22.2 Å². The van der Waals surface area contributed by atoms with E-state index < -0.39 is 17.9 Å². The van der Waals surface area contributed by atoms with Gasteiger partial charge in [0.25, 0.3) is 0 Å². The first kappa shape index (κ1) is 19.5. The lowest BCUT2D eigenvalue weighted by Gasteiger charge is -2.20. The van der Waals surface area contributed by atoms with E-state index in [4.69, 9.17) is 34.8 Å². The molecule has 3 rings (SSSR count). The second-order valence-electron chi connectivity index (χ2n) is 5.68. The van der Waals surface area contributed by atoms with Crippen molar-refractivity contribution in [3.8, 4) is 0 Å². The second kappa shape index (κ2) is 7.39. The Morgan fingerprint density at radius 1 is 1.04 bits per heavy atom. The summed E-state index contributed by atoms with van der Waals surface area (Å²) in [7, 11) is 0. The molecule has 136 valence electrons. The van der Waals surface area contributed by atoms with E-state index in [0.29, 0.717) is 9.90 Å². The first-order valence-electron chi connectivity index (χ1n) is 7.37. The molecule has 0 N–H and O–H groups in total. The standard InChI is InChI=1S/C18H10Cl3F3OS/c19-10-4-9(5-11(20)6-10)17(18(22,23)24)15(25)8-12-7-13-14(21)2-1-3-16(13)26-12/h1-7,17H,8H2. The predicted octanol–water partition coefficient (Wildman–Crippen LogP) is 7.32. The molecule has 8 heteroatoms. The predicted molar refractivity (Wildman–Crippen MR) is 101 cm³/mol. The van der Waals surface area contributed by atoms with Crippen LogP contribution in [-0.4, -0.2) is 12.0 Å². The molecule has 0 aliphatic rings. The summed E-state index contributed by atoms with van der Waals surface area (Å²) >= 11 is 18.9. The molecule has 26 heavy (non-hydrogen) atoms. The third-order valence-electron chi connectivity index (χ3n) is 3.78. The van der Waals surface area contributed by atoms with Gasteiger partial charge in [0.15, 0.2) is 5.78 Å². The largest absolute Gasteiger partial charge is 0.402 e. The highest BCUT2D eigenvalue weighted by Crippen LogP contribution is 2.39. The minimum Gasteiger partial charge on any atom is -0.298 e. The van der Waals surface area contributed by atoms with Gasteiger partial charge in [0.05, 0.1) is 0 Å². The Morgan fingerprint density at radius 3 is 2.27 bits per heavy atom. The van der Waals surface area contributed by atoms with Crippen LogP contribution in [0.2, 0.25) is 15.1 Å². The molecule has 0 spiro atoms. The molecule has 3 aromatic rings. The highest BCUT2D eigenvalue weighted by atomic mass is 35.5. The lowest BCUT2D eigenvalue weighted by molar-refractivity contribution is -0.163. The Bertz CT molecular complexity index is 961. The van der Waals surface area contributed by atoms with E-state index >= 15 is 0 Å². The third kappa shape index (κ3) is 4.17. The van der Waals surface area contributed by atoms with E-state index in [1.54, 1.807) is 24.3 Å². The lowest BCUT2D eigenvalue weighted by Crippen LogP contribution is -2.29. The van der Waals surface area contributed by atoms with Gasteiger partial charge in [-0.25, -0.2) is 0 Å². The van der Waals surface area contributed by atoms with Crippen molar-refractivity contribution in [1.29, 1.82) is 0 Å². The van der Waals surface area contributed by atoms with Gasteiger partial charge in [-0.05, 0) is 42.0 Å². The van der Waals surface area contributed by atoms with Gasteiger partial charge in [0, 0.05) is 36.5 Å². The number of carbonyl (C=O) groups is 1. The maximum Gasteiger partial charge on any atom is 0.402 e. The third-order valence-corrected chi connectivity index (χ3v) is 5.64. The van der Waals surface area contributed by atoms with Crippen LogP contribution >= 0.6 is 46.1 Å². The van der Waals surface area contributed by atoms with E-state index in [9.17, 15) is 18.0 Å². The van der Waals surface area contributed by atoms with Crippen molar-refractivity contribution in [2.24, 2.45) is 0 Å². The molecule has 0 radical (unpaired) electrons. The molecule has 0 saturated heterocycles. The Kier molecular flexibility index (Phi) is 5.54. The molecule has 0 aliphatic carbocycles. The summed E-state index contributed by atoms with van der Waals surface area (Å²) in [6.07, 6.45) is -5.11. The topological polar surface area (TPSA) is 17.1 Å². The van der Waals surface area contributed by atoms with Gasteiger partial charge in [0.1, 0.15) is 5.92 Å². The van der Waals surface area contributed by atoms with Gasteiger partial charge < -0.3 is 0 Å². The molecule has 1 unspecified atom stereocenters. The van der Waals surface area contributed by atoms with Gasteiger partial charge in [-0.2, -0.15) is 13.2 Å². The minimum absolute atomic E-state index is 0.0446. The van der Waals surface area contributed by atoms with E-state index in [2.05, 4.69) is 0 Å². The Morgan fingerprint density at radius 2 is 1.69 bits per heavy atom. The monoisotopic (exact) mass is 436 g/mol. The summed E-state index contributed by atoms with van der Waals surface area (Å²) in [4.78, 5) is 13.0. The number of rotatable bonds is 4. The summed E-state index contributed by atoms with van der Waals surface area (Å²) < 4.78 is 41.5. The van der Waals surface area contributed by atoms with Crippen molar-refractivity contribution in [2.75, 3.05) is 0 Å². The van der Waals surface area contributed by atoms with Crippen LogP contribution in [0.15, 0.2) is 42.5 Å². The van der Waals surface area contributed by atoms with Crippen molar-refractivity contribution < 1.29 is 18.0 Å². The Balaban J connectivity index is 1.96. The zero-order chi connectivity index (χ0) is 19.1. The highest BCUT2D eigenvalue weighted by molar-refractivity contribution is 7.19. The van der Waals surface area contributed by atoms with E-state index in [1.165, 1.54) is 17.4 Å². The van der Waals surface area contributed by atoms with Crippen molar-refractivity contribution in [3.05, 3.63) is 68.0 Å². The van der Waals surface area contributed by atoms with E-state index in [-0.39, 0.29) is 22.0 Å². The SMILES string of the molecule is O=C(Cc1cc2c(Cl)cccc2s1)C(c1cc(Cl)cc(Cl)c1)C(F)(F)F. The minimum atomic E-state index is -4.75. The molecular formula is C18H10Cl3F3OS. The summed E-state index contributed by atoms with van der Waals surface area (Å²) in [5.41, 5.74) is -0.265. The number of ketones is 1. The second-order valence-corrected chi connectivity index (χ2v) is 8.13. The molecule has 1 aromatic heterocycles. The van der Waals surface area contributed by atoms with Gasteiger partial charge in [-0.1, -0.05) is 40.9 Å². The van der Waals surface area contributed by atoms with Crippen molar-refractivity contribution in [1.82, 2.24) is 0 Å². The van der Waals surface area contributed by atoms with Crippen molar-refractivity contribution >= 4 is 62.0 Å². The van der Waals surface area contributed by atoms with Gasteiger partial charge in [-0.15, -0.1) is 11.3 Å². The number of alkyl halides is 3. The number of carbonyl (C=O) groups excluding carboxylic acids is 1. The molecule has 0 amide bonds. The number of Topliss-reactive ketones (excluding diaryl/α,β-unsaturated/α-hetero) is 1. The highest BCUT2D eigenvalue weighted by Gasteiger charge is 2.45. The number of fused-ring (bicyclic) bond motifs is 1. The van der Waals surface area contributed by atoms with Crippen molar-refractivity contribution in [3.63, 3.8) is 0 Å². The molecule has 0 aliphatic heterocycles. The summed E-state index contributed by atoms with van der Waals surface area (Å²) in [6, 6.07) is 10.4. The Labute approximate surface area is 166 Å². The van der Waals surface area contributed by atoms with Crippen LogP contribution < -0.4 is 0 Å². The fourth-order valence-corrected chi connectivity index (χ4v) is 4.67. The quantitative estimate of drug-likeness (QED) is 0.418. The normalized spacial score (nSPS) is 13.2.